The standard InChI is InChI=1S/C77H132O6/c1-4-7-10-13-16-19-22-25-28-31-34-35-36-37-38-39-40-41-42-43-44-47-49-52-55-58-61-64-67-70-76(79)82-73-74(83-77(80)71-68-65-62-59-56-53-50-46-33-30-27-24-21-18-15-12-9-6-3)72-81-75(78)69-66-63-60-57-54-51-48-45-32-29-26-23-20-17-14-11-8-5-2/h7,10,16,19,25,28,34-35,37-38,40-41,43-44,49,52,58,61,74H,4-6,8-9,11-15,17-18,20-24,26-27,29-33,36,39,42,45-48,50-51,53-57,59-60,62-73H2,1-3H3/b10-7-,19-16-,28-25-,35-34-,38-37-,41-40-,44-43-,52-49-,61-58-. The second-order valence-corrected chi connectivity index (χ2v) is 23.4. The van der Waals surface area contributed by atoms with Gasteiger partial charge >= 0.3 is 17.9 Å². The Hall–Kier alpha value is -3.93. The molecule has 0 spiro atoms. The monoisotopic (exact) mass is 1150 g/mol. The lowest BCUT2D eigenvalue weighted by molar-refractivity contribution is -0.167. The van der Waals surface area contributed by atoms with Gasteiger partial charge in [0.2, 0.25) is 0 Å². The molecule has 0 saturated carbocycles. The molecule has 0 aliphatic rings. The van der Waals surface area contributed by atoms with Crippen molar-refractivity contribution in [3.05, 3.63) is 109 Å². The fourth-order valence-corrected chi connectivity index (χ4v) is 10.0. The first-order valence-electron chi connectivity index (χ1n) is 35.4. The average molecular weight is 1150 g/mol. The summed E-state index contributed by atoms with van der Waals surface area (Å²) in [4.78, 5) is 38.4. The molecule has 0 aliphatic heterocycles. The Bertz CT molecular complexity index is 1660. The van der Waals surface area contributed by atoms with E-state index in [1.165, 1.54) is 193 Å². The number of esters is 3. The third-order valence-corrected chi connectivity index (χ3v) is 15.3. The molecule has 0 saturated heterocycles. The molecule has 1 atom stereocenters. The van der Waals surface area contributed by atoms with Crippen LogP contribution in [-0.4, -0.2) is 37.2 Å². The number of ether oxygens (including phenoxy) is 3. The van der Waals surface area contributed by atoms with Crippen LogP contribution in [0.1, 0.15) is 342 Å². The van der Waals surface area contributed by atoms with E-state index in [1.807, 2.05) is 0 Å². The Morgan fingerprint density at radius 3 is 0.735 bits per heavy atom. The second kappa shape index (κ2) is 70.6. The third-order valence-electron chi connectivity index (χ3n) is 15.3. The van der Waals surface area contributed by atoms with E-state index in [9.17, 15) is 14.4 Å². The molecule has 0 amide bonds. The average Bonchev–Trinajstić information content (AvgIpc) is 3.49. The molecule has 0 rings (SSSR count). The minimum Gasteiger partial charge on any atom is -0.462 e. The van der Waals surface area contributed by atoms with Crippen LogP contribution < -0.4 is 0 Å². The number of allylic oxidation sites excluding steroid dienone is 18. The third kappa shape index (κ3) is 68.7. The van der Waals surface area contributed by atoms with Crippen molar-refractivity contribution in [3.63, 3.8) is 0 Å². The van der Waals surface area contributed by atoms with Crippen LogP contribution in [-0.2, 0) is 28.6 Å². The van der Waals surface area contributed by atoms with E-state index < -0.39 is 6.10 Å². The summed E-state index contributed by atoms with van der Waals surface area (Å²) in [5.41, 5.74) is 0. The first-order valence-corrected chi connectivity index (χ1v) is 35.4. The lowest BCUT2D eigenvalue weighted by atomic mass is 10.0. The van der Waals surface area contributed by atoms with Crippen molar-refractivity contribution in [3.8, 4) is 0 Å². The van der Waals surface area contributed by atoms with Crippen molar-refractivity contribution in [1.82, 2.24) is 0 Å². The fourth-order valence-electron chi connectivity index (χ4n) is 10.0. The highest BCUT2D eigenvalue weighted by Crippen LogP contribution is 2.18. The second-order valence-electron chi connectivity index (χ2n) is 23.4. The Balaban J connectivity index is 4.44. The Labute approximate surface area is 514 Å². The predicted molar refractivity (Wildman–Crippen MR) is 362 cm³/mol. The summed E-state index contributed by atoms with van der Waals surface area (Å²) in [6.45, 7) is 6.53. The van der Waals surface area contributed by atoms with Gasteiger partial charge in [0.05, 0.1) is 0 Å². The summed E-state index contributed by atoms with van der Waals surface area (Å²) >= 11 is 0. The molecule has 6 heteroatoms. The zero-order valence-corrected chi connectivity index (χ0v) is 54.7. The maximum atomic E-state index is 13.0. The molecule has 0 fully saturated rings. The maximum Gasteiger partial charge on any atom is 0.306 e. The van der Waals surface area contributed by atoms with Gasteiger partial charge in [-0.25, -0.2) is 0 Å². The molecule has 476 valence electrons. The molecule has 0 aliphatic carbocycles. The van der Waals surface area contributed by atoms with Gasteiger partial charge in [-0.1, -0.05) is 348 Å². The highest BCUT2D eigenvalue weighted by molar-refractivity contribution is 5.71. The first kappa shape index (κ1) is 79.1. The topological polar surface area (TPSA) is 78.9 Å². The molecule has 0 aromatic carbocycles. The van der Waals surface area contributed by atoms with Crippen LogP contribution in [0.15, 0.2) is 109 Å². The smallest absolute Gasteiger partial charge is 0.306 e. The number of rotatable bonds is 64. The van der Waals surface area contributed by atoms with Crippen LogP contribution in [0.4, 0.5) is 0 Å². The minimum atomic E-state index is -0.801. The number of hydrogen-bond acceptors (Lipinski definition) is 6. The highest BCUT2D eigenvalue weighted by Gasteiger charge is 2.19. The Morgan fingerprint density at radius 2 is 0.470 bits per heavy atom. The van der Waals surface area contributed by atoms with Crippen molar-refractivity contribution in [2.24, 2.45) is 0 Å². The summed E-state index contributed by atoms with van der Waals surface area (Å²) in [6.07, 6.45) is 96.8. The molecular weight excluding hydrogens is 1020 g/mol. The molecule has 0 N–H and O–H groups in total. The molecule has 0 aromatic rings. The van der Waals surface area contributed by atoms with Gasteiger partial charge in [0.15, 0.2) is 6.10 Å². The van der Waals surface area contributed by atoms with Crippen LogP contribution >= 0.6 is 0 Å². The lowest BCUT2D eigenvalue weighted by Gasteiger charge is -2.18. The van der Waals surface area contributed by atoms with Crippen LogP contribution in [0.3, 0.4) is 0 Å². The van der Waals surface area contributed by atoms with Crippen molar-refractivity contribution in [2.45, 2.75) is 348 Å². The largest absolute Gasteiger partial charge is 0.462 e. The normalized spacial score (nSPS) is 12.8. The highest BCUT2D eigenvalue weighted by atomic mass is 16.6. The Morgan fingerprint density at radius 1 is 0.253 bits per heavy atom. The van der Waals surface area contributed by atoms with E-state index in [0.717, 1.165) is 103 Å². The van der Waals surface area contributed by atoms with Crippen LogP contribution in [0.25, 0.3) is 0 Å². The van der Waals surface area contributed by atoms with Gasteiger partial charge < -0.3 is 14.2 Å². The molecule has 0 heterocycles. The number of carbonyl (C=O) groups excluding carboxylic acids is 3. The van der Waals surface area contributed by atoms with Crippen molar-refractivity contribution in [1.29, 1.82) is 0 Å². The van der Waals surface area contributed by atoms with Crippen LogP contribution in [0.5, 0.6) is 0 Å². The lowest BCUT2D eigenvalue weighted by Crippen LogP contribution is -2.30. The fraction of sp³-hybridized carbons (Fsp3) is 0.727. The molecule has 6 nitrogen and oxygen atoms in total. The summed E-state index contributed by atoms with van der Waals surface area (Å²) in [6, 6.07) is 0. The van der Waals surface area contributed by atoms with E-state index >= 15 is 0 Å². The van der Waals surface area contributed by atoms with Crippen LogP contribution in [0, 0.1) is 0 Å². The summed E-state index contributed by atoms with van der Waals surface area (Å²) in [5.74, 6) is -0.936. The molecule has 0 bridgehead atoms. The van der Waals surface area contributed by atoms with E-state index in [2.05, 4.69) is 130 Å². The van der Waals surface area contributed by atoms with Crippen molar-refractivity contribution in [2.75, 3.05) is 13.2 Å². The number of carbonyl (C=O) groups is 3. The SMILES string of the molecule is CC/C=C\C/C=C\C/C=C\C/C=C\C/C=C\C/C=C\C/C=C\C/C=C\C/C=C\CCCC(=O)OCC(COC(=O)CCCCCCCCCCCCCCCCCCCC)OC(=O)CCCCCCCCCCCCCCCCCCCC. The van der Waals surface area contributed by atoms with Crippen LogP contribution in [0.2, 0.25) is 0 Å². The quantitative estimate of drug-likeness (QED) is 0.0261. The van der Waals surface area contributed by atoms with Gasteiger partial charge in [0, 0.05) is 19.3 Å². The van der Waals surface area contributed by atoms with Gasteiger partial charge in [-0.15, -0.1) is 0 Å². The number of hydrogen-bond donors (Lipinski definition) is 0. The van der Waals surface area contributed by atoms with Gasteiger partial charge in [-0.3, -0.25) is 14.4 Å². The summed E-state index contributed by atoms with van der Waals surface area (Å²) in [7, 11) is 0. The maximum absolute atomic E-state index is 13.0. The minimum absolute atomic E-state index is 0.0917. The molecule has 0 radical (unpaired) electrons. The first-order chi connectivity index (χ1) is 41.0. The van der Waals surface area contributed by atoms with Gasteiger partial charge in [-0.05, 0) is 83.5 Å². The predicted octanol–water partition coefficient (Wildman–Crippen LogP) is 24.6. The summed E-state index contributed by atoms with van der Waals surface area (Å²) < 4.78 is 16.9. The molecular formula is C77H132O6. The van der Waals surface area contributed by atoms with E-state index in [0.29, 0.717) is 19.3 Å². The van der Waals surface area contributed by atoms with Crippen molar-refractivity contribution >= 4 is 17.9 Å². The van der Waals surface area contributed by atoms with E-state index in [4.69, 9.17) is 14.2 Å². The number of unbranched alkanes of at least 4 members (excludes halogenated alkanes) is 35. The summed E-state index contributed by atoms with van der Waals surface area (Å²) in [5, 5.41) is 0. The Kier molecular flexibility index (Phi) is 67.2. The molecule has 83 heavy (non-hydrogen) atoms. The zero-order chi connectivity index (χ0) is 59.9. The van der Waals surface area contributed by atoms with E-state index in [-0.39, 0.29) is 37.5 Å². The molecule has 0 aromatic heterocycles. The van der Waals surface area contributed by atoms with Gasteiger partial charge in [0.1, 0.15) is 13.2 Å². The molecule has 1 unspecified atom stereocenters. The van der Waals surface area contributed by atoms with Gasteiger partial charge in [-0.2, -0.15) is 0 Å². The van der Waals surface area contributed by atoms with Crippen molar-refractivity contribution < 1.29 is 28.6 Å². The van der Waals surface area contributed by atoms with Gasteiger partial charge in [0.25, 0.3) is 0 Å². The van der Waals surface area contributed by atoms with E-state index in [1.54, 1.807) is 0 Å². The zero-order valence-electron chi connectivity index (χ0n) is 54.7.